The molecule has 0 bridgehead atoms. The van der Waals surface area contributed by atoms with Crippen molar-refractivity contribution in [2.24, 2.45) is 0 Å². The molecule has 2 aromatic rings. The fraction of sp³-hybridized carbons (Fsp3) is 0.606. The van der Waals surface area contributed by atoms with Crippen molar-refractivity contribution in [1.82, 2.24) is 14.6 Å². The summed E-state index contributed by atoms with van der Waals surface area (Å²) in [5.74, 6) is -0.860. The summed E-state index contributed by atoms with van der Waals surface area (Å²) in [7, 11) is -4.47. The molecule has 0 aliphatic carbocycles. The molecule has 1 aromatic heterocycles. The summed E-state index contributed by atoms with van der Waals surface area (Å²) in [6, 6.07) is 6.91. The van der Waals surface area contributed by atoms with Crippen molar-refractivity contribution in [1.29, 1.82) is 0 Å². The number of fused-ring (bicyclic) bond motifs is 1. The average molecular weight is 739 g/mol. The summed E-state index contributed by atoms with van der Waals surface area (Å²) in [4.78, 5) is 59.8. The van der Waals surface area contributed by atoms with Crippen molar-refractivity contribution in [2.45, 2.75) is 116 Å². The third-order valence-electron chi connectivity index (χ3n) is 7.71. The number of hydrogen-bond donors (Lipinski definition) is 2. The second-order valence-corrected chi connectivity index (χ2v) is 14.5. The van der Waals surface area contributed by atoms with E-state index in [9.17, 15) is 23.7 Å². The van der Waals surface area contributed by atoms with Crippen molar-refractivity contribution in [2.75, 3.05) is 18.7 Å². The van der Waals surface area contributed by atoms with E-state index in [2.05, 4.69) is 15.6 Å². The fourth-order valence-electron chi connectivity index (χ4n) is 5.32. The number of para-hydroxylation sites is 1. The van der Waals surface area contributed by atoms with Gasteiger partial charge in [0.1, 0.15) is 17.9 Å². The molecule has 0 amide bonds. The lowest BCUT2D eigenvalue weighted by Crippen LogP contribution is -2.44. The Bertz CT molecular complexity index is 1640. The molecule has 18 heteroatoms. The van der Waals surface area contributed by atoms with E-state index in [0.29, 0.717) is 12.2 Å². The zero-order valence-electron chi connectivity index (χ0n) is 29.8. The summed E-state index contributed by atoms with van der Waals surface area (Å²) < 4.78 is 55.0. The highest BCUT2D eigenvalue weighted by atomic mass is 31.2. The number of aryl methyl sites for hydroxylation is 1. The number of hydrogen-bond acceptors (Lipinski definition) is 15. The maximum atomic E-state index is 14.4. The van der Waals surface area contributed by atoms with Crippen LogP contribution in [0.3, 0.4) is 0 Å². The molecule has 2 saturated heterocycles. The second kappa shape index (κ2) is 17.5. The Morgan fingerprint density at radius 2 is 1.80 bits per heavy atom. The van der Waals surface area contributed by atoms with Crippen LogP contribution in [0.4, 0.5) is 10.6 Å². The van der Waals surface area contributed by atoms with Gasteiger partial charge in [-0.25, -0.2) is 19.6 Å². The van der Waals surface area contributed by atoms with Crippen LogP contribution in [0.2, 0.25) is 0 Å². The summed E-state index contributed by atoms with van der Waals surface area (Å²) in [6.07, 6.45) is -1.88. The number of carbonyl (C=O) groups is 3. The standard InChI is InChI=1S/C33H47N4O13P/c1-8-9-18-43-35-26-16-17-37(31(40)34-26)30-33(7)28(48-32(41)49-33)25(47-30)19-44-51(42,36-22(6)29(39)46-21(4)5)50-24-13-11-10-12-23(24)14-15-27(38)45-20(2)3/h10-13,16-17,20-22,25,28,30H,8-9,14-15,18-19H2,1-7H3,(H,36,42)(H,34,35,40)/t22-,25+,28?,30+,33+,51?/m0/s1. The Hall–Kier alpha value is -4.02. The van der Waals surface area contributed by atoms with Crippen LogP contribution < -0.4 is 20.8 Å². The van der Waals surface area contributed by atoms with Crippen molar-refractivity contribution in [3.05, 3.63) is 52.6 Å². The number of esters is 2. The number of rotatable bonds is 19. The van der Waals surface area contributed by atoms with E-state index >= 15 is 0 Å². The molecule has 2 N–H and O–H groups in total. The summed E-state index contributed by atoms with van der Waals surface area (Å²) >= 11 is 0. The Balaban J connectivity index is 1.56. The van der Waals surface area contributed by atoms with Crippen LogP contribution in [-0.2, 0) is 53.6 Å². The van der Waals surface area contributed by atoms with Crippen molar-refractivity contribution in [3.63, 3.8) is 0 Å². The second-order valence-electron chi connectivity index (χ2n) is 12.8. The van der Waals surface area contributed by atoms with Crippen LogP contribution in [0.15, 0.2) is 41.3 Å². The third kappa shape index (κ3) is 10.5. The highest BCUT2D eigenvalue weighted by Crippen LogP contribution is 2.50. The highest BCUT2D eigenvalue weighted by Gasteiger charge is 2.64. The predicted molar refractivity (Wildman–Crippen MR) is 181 cm³/mol. The number of benzene rings is 1. The Morgan fingerprint density at radius 3 is 2.49 bits per heavy atom. The topological polar surface area (TPSA) is 201 Å². The molecule has 4 rings (SSSR count). The van der Waals surface area contributed by atoms with Crippen LogP contribution in [0, 0.1) is 0 Å². The molecule has 51 heavy (non-hydrogen) atoms. The van der Waals surface area contributed by atoms with Gasteiger partial charge in [-0.15, -0.1) is 0 Å². The smallest absolute Gasteiger partial charge is 0.463 e. The summed E-state index contributed by atoms with van der Waals surface area (Å²) in [5, 5.41) is 2.62. The first-order valence-corrected chi connectivity index (χ1v) is 18.4. The van der Waals surface area contributed by atoms with Gasteiger partial charge in [0.05, 0.1) is 25.4 Å². The van der Waals surface area contributed by atoms with Gasteiger partial charge in [0.15, 0.2) is 23.8 Å². The monoisotopic (exact) mass is 738 g/mol. The molecule has 2 fully saturated rings. The van der Waals surface area contributed by atoms with Crippen LogP contribution >= 0.6 is 7.75 Å². The van der Waals surface area contributed by atoms with Gasteiger partial charge < -0.3 is 28.2 Å². The van der Waals surface area contributed by atoms with E-state index in [1.165, 1.54) is 32.2 Å². The van der Waals surface area contributed by atoms with Crippen molar-refractivity contribution in [3.8, 4) is 5.75 Å². The maximum absolute atomic E-state index is 14.4. The number of nitrogens with one attached hydrogen (secondary N) is 2. The minimum absolute atomic E-state index is 0.0222. The van der Waals surface area contributed by atoms with Gasteiger partial charge in [-0.05, 0) is 72.1 Å². The van der Waals surface area contributed by atoms with Gasteiger partial charge in [0.2, 0.25) is 0 Å². The SMILES string of the molecule is CCCCONc1ccn([C@@H]2O[C@H](COP(=O)(N[C@@H](C)C(=O)OC(C)C)Oc3ccccc3CCC(=O)OC(C)C)C3OC(=O)O[C@]32C)c(=O)n1. The van der Waals surface area contributed by atoms with Crippen LogP contribution in [0.1, 0.15) is 79.5 Å². The Morgan fingerprint density at radius 1 is 1.08 bits per heavy atom. The molecule has 0 radical (unpaired) electrons. The molecule has 0 saturated carbocycles. The van der Waals surface area contributed by atoms with Gasteiger partial charge in [0.25, 0.3) is 0 Å². The first kappa shape index (κ1) is 39.8. The van der Waals surface area contributed by atoms with Gasteiger partial charge >= 0.3 is 31.5 Å². The molecule has 0 spiro atoms. The minimum Gasteiger partial charge on any atom is -0.463 e. The number of anilines is 1. The zero-order valence-corrected chi connectivity index (χ0v) is 30.7. The molecular weight excluding hydrogens is 691 g/mol. The molecule has 3 heterocycles. The number of nitrogens with zero attached hydrogens (tertiary/aromatic N) is 2. The molecule has 17 nitrogen and oxygen atoms in total. The molecule has 2 aliphatic rings. The third-order valence-corrected chi connectivity index (χ3v) is 9.33. The number of unbranched alkanes of at least 4 members (excludes halogenated alkanes) is 1. The molecule has 282 valence electrons. The lowest BCUT2D eigenvalue weighted by Gasteiger charge is -2.26. The van der Waals surface area contributed by atoms with Crippen LogP contribution in [0.5, 0.6) is 5.75 Å². The lowest BCUT2D eigenvalue weighted by atomic mass is 9.96. The lowest BCUT2D eigenvalue weighted by molar-refractivity contribution is -0.149. The van der Waals surface area contributed by atoms with Crippen molar-refractivity contribution < 1.29 is 56.5 Å². The highest BCUT2D eigenvalue weighted by molar-refractivity contribution is 7.52. The quantitative estimate of drug-likeness (QED) is 0.0665. The van der Waals surface area contributed by atoms with Gasteiger partial charge in [-0.2, -0.15) is 10.1 Å². The molecule has 2 aliphatic heterocycles. The number of ether oxygens (including phenoxy) is 5. The van der Waals surface area contributed by atoms with Gasteiger partial charge in [0, 0.05) is 12.6 Å². The van der Waals surface area contributed by atoms with E-state index in [1.54, 1.807) is 45.9 Å². The first-order chi connectivity index (χ1) is 24.1. The summed E-state index contributed by atoms with van der Waals surface area (Å²) in [6.45, 7) is 11.7. The molecule has 1 aromatic carbocycles. The largest absolute Gasteiger partial charge is 0.509 e. The Kier molecular flexibility index (Phi) is 13.6. The van der Waals surface area contributed by atoms with Gasteiger partial charge in [-0.3, -0.25) is 23.5 Å². The zero-order chi connectivity index (χ0) is 37.3. The molecule has 2 unspecified atom stereocenters. The predicted octanol–water partition coefficient (Wildman–Crippen LogP) is 4.60. The Labute approximate surface area is 296 Å². The van der Waals surface area contributed by atoms with E-state index in [0.717, 1.165) is 17.4 Å². The van der Waals surface area contributed by atoms with Gasteiger partial charge in [-0.1, -0.05) is 31.5 Å². The van der Waals surface area contributed by atoms with Crippen LogP contribution in [0.25, 0.3) is 0 Å². The minimum atomic E-state index is -4.47. The number of aromatic nitrogens is 2. The van der Waals surface area contributed by atoms with E-state index in [1.807, 2.05) is 6.92 Å². The summed E-state index contributed by atoms with van der Waals surface area (Å²) in [5.41, 5.74) is 0.879. The average Bonchev–Trinajstić information content (AvgIpc) is 3.50. The van der Waals surface area contributed by atoms with E-state index in [-0.39, 0.29) is 30.5 Å². The van der Waals surface area contributed by atoms with Crippen molar-refractivity contribution >= 4 is 31.7 Å². The first-order valence-electron chi connectivity index (χ1n) is 16.9. The number of carbonyl (C=O) groups excluding carboxylic acids is 3. The normalized spacial score (nSPS) is 22.8. The maximum Gasteiger partial charge on any atom is 0.509 e. The molecular formula is C33H47N4O13P. The molecule has 6 atom stereocenters. The van der Waals surface area contributed by atoms with E-state index < -0.39 is 74.3 Å². The van der Waals surface area contributed by atoms with E-state index in [4.69, 9.17) is 37.6 Å². The van der Waals surface area contributed by atoms with Crippen LogP contribution in [-0.4, -0.2) is 76.9 Å². The fourth-order valence-corrected chi connectivity index (χ4v) is 6.86.